The van der Waals surface area contributed by atoms with Gasteiger partial charge in [-0.3, -0.25) is 4.79 Å². The van der Waals surface area contributed by atoms with Crippen LogP contribution >= 0.6 is 0 Å². The van der Waals surface area contributed by atoms with Gasteiger partial charge in [-0.25, -0.2) is 0 Å². The first-order chi connectivity index (χ1) is 12.0. The molecule has 7 heteroatoms. The minimum atomic E-state index is -4.40. The summed E-state index contributed by atoms with van der Waals surface area (Å²) in [5.74, 6) is 0.154. The van der Waals surface area contributed by atoms with E-state index in [1.54, 1.807) is 17.9 Å². The van der Waals surface area contributed by atoms with Gasteiger partial charge >= 0.3 is 6.18 Å². The van der Waals surface area contributed by atoms with Crippen LogP contribution in [0.25, 0.3) is 0 Å². The van der Waals surface area contributed by atoms with E-state index in [1.165, 1.54) is 13.0 Å². The molecule has 1 saturated carbocycles. The van der Waals surface area contributed by atoms with Crippen LogP contribution in [0.5, 0.6) is 5.75 Å². The van der Waals surface area contributed by atoms with Gasteiger partial charge in [0.25, 0.3) is 0 Å². The SMILES string of the molecule is Cc1ccc(OC2CCN(C(=O)C3CC(C)(O)C3)CC2)cc1C(F)(F)F. The molecule has 1 aromatic rings. The van der Waals surface area contributed by atoms with Crippen molar-refractivity contribution in [3.63, 3.8) is 0 Å². The van der Waals surface area contributed by atoms with Gasteiger partial charge in [0.15, 0.2) is 0 Å². The summed E-state index contributed by atoms with van der Waals surface area (Å²) in [6.07, 6.45) is -2.44. The number of alkyl halides is 3. The lowest BCUT2D eigenvalue weighted by Gasteiger charge is -2.43. The number of aryl methyl sites for hydroxylation is 1. The number of hydrogen-bond donors (Lipinski definition) is 1. The summed E-state index contributed by atoms with van der Waals surface area (Å²) in [5.41, 5.74) is -1.25. The standard InChI is InChI=1S/C19H24F3NO3/c1-12-3-4-15(9-16(12)19(20,21)22)26-14-5-7-23(8-6-14)17(24)13-10-18(2,25)11-13/h3-4,9,13-14,25H,5-8,10-11H2,1-2H3. The molecule has 0 spiro atoms. The zero-order valence-electron chi connectivity index (χ0n) is 15.0. The van der Waals surface area contributed by atoms with Crippen molar-refractivity contribution in [1.29, 1.82) is 0 Å². The van der Waals surface area contributed by atoms with E-state index in [0.717, 1.165) is 6.07 Å². The van der Waals surface area contributed by atoms with E-state index < -0.39 is 17.3 Å². The van der Waals surface area contributed by atoms with Crippen LogP contribution in [0.2, 0.25) is 0 Å². The third-order valence-corrected chi connectivity index (χ3v) is 5.29. The average Bonchev–Trinajstić information content (AvgIpc) is 2.53. The maximum absolute atomic E-state index is 13.0. The van der Waals surface area contributed by atoms with Gasteiger partial charge < -0.3 is 14.7 Å². The second-order valence-electron chi connectivity index (χ2n) is 7.72. The maximum Gasteiger partial charge on any atom is 0.416 e. The zero-order valence-corrected chi connectivity index (χ0v) is 15.0. The fraction of sp³-hybridized carbons (Fsp3) is 0.632. The summed E-state index contributed by atoms with van der Waals surface area (Å²) in [4.78, 5) is 14.1. The zero-order chi connectivity index (χ0) is 19.1. The third kappa shape index (κ3) is 4.14. The molecule has 4 nitrogen and oxygen atoms in total. The monoisotopic (exact) mass is 371 g/mol. The van der Waals surface area contributed by atoms with E-state index in [2.05, 4.69) is 0 Å². The lowest BCUT2D eigenvalue weighted by Crippen LogP contribution is -2.51. The average molecular weight is 371 g/mol. The highest BCUT2D eigenvalue weighted by Gasteiger charge is 2.44. The van der Waals surface area contributed by atoms with E-state index in [4.69, 9.17) is 4.74 Å². The molecule has 1 aliphatic heterocycles. The van der Waals surface area contributed by atoms with Crippen LogP contribution in [0.3, 0.4) is 0 Å². The number of benzene rings is 1. The number of rotatable bonds is 3. The number of nitrogens with zero attached hydrogens (tertiary/aromatic N) is 1. The van der Waals surface area contributed by atoms with Crippen molar-refractivity contribution in [2.24, 2.45) is 5.92 Å². The first-order valence-corrected chi connectivity index (χ1v) is 8.91. The molecule has 0 atom stereocenters. The Hall–Kier alpha value is -1.76. The molecule has 1 heterocycles. The van der Waals surface area contributed by atoms with Crippen molar-refractivity contribution in [3.8, 4) is 5.75 Å². The topological polar surface area (TPSA) is 49.8 Å². The molecule has 144 valence electrons. The summed E-state index contributed by atoms with van der Waals surface area (Å²) >= 11 is 0. The molecule has 1 aliphatic carbocycles. The van der Waals surface area contributed by atoms with E-state index >= 15 is 0 Å². The Morgan fingerprint density at radius 1 is 1.27 bits per heavy atom. The molecule has 0 radical (unpaired) electrons. The first-order valence-electron chi connectivity index (χ1n) is 8.91. The summed E-state index contributed by atoms with van der Waals surface area (Å²) in [5, 5.41) is 9.77. The quantitative estimate of drug-likeness (QED) is 0.884. The fourth-order valence-electron chi connectivity index (χ4n) is 3.80. The molecular weight excluding hydrogens is 347 g/mol. The van der Waals surface area contributed by atoms with Crippen LogP contribution in [-0.4, -0.2) is 40.7 Å². The van der Waals surface area contributed by atoms with Gasteiger partial charge in [-0.1, -0.05) is 6.07 Å². The van der Waals surface area contributed by atoms with E-state index in [9.17, 15) is 23.1 Å². The number of carbonyl (C=O) groups is 1. The van der Waals surface area contributed by atoms with Crippen LogP contribution in [0.15, 0.2) is 18.2 Å². The highest BCUT2D eigenvalue weighted by atomic mass is 19.4. The largest absolute Gasteiger partial charge is 0.490 e. The molecule has 0 unspecified atom stereocenters. The molecule has 1 aromatic carbocycles. The highest BCUT2D eigenvalue weighted by molar-refractivity contribution is 5.80. The second-order valence-corrected chi connectivity index (χ2v) is 7.72. The molecule has 1 amide bonds. The Bertz CT molecular complexity index is 671. The van der Waals surface area contributed by atoms with Gasteiger partial charge in [0.2, 0.25) is 5.91 Å². The molecule has 26 heavy (non-hydrogen) atoms. The van der Waals surface area contributed by atoms with Gasteiger partial charge in [-0.15, -0.1) is 0 Å². The number of amides is 1. The van der Waals surface area contributed by atoms with Crippen molar-refractivity contribution in [1.82, 2.24) is 4.90 Å². The van der Waals surface area contributed by atoms with Crippen LogP contribution < -0.4 is 4.74 Å². The normalized spacial score (nSPS) is 27.2. The molecule has 3 rings (SSSR count). The van der Waals surface area contributed by atoms with Gasteiger partial charge in [-0.05, 0) is 44.4 Å². The predicted octanol–water partition coefficient (Wildman–Crippen LogP) is 3.54. The Morgan fingerprint density at radius 2 is 1.88 bits per heavy atom. The van der Waals surface area contributed by atoms with Gasteiger partial charge in [0.1, 0.15) is 11.9 Å². The van der Waals surface area contributed by atoms with Gasteiger partial charge in [-0.2, -0.15) is 13.2 Å². The van der Waals surface area contributed by atoms with Crippen LogP contribution in [0, 0.1) is 12.8 Å². The number of carbonyl (C=O) groups excluding carboxylic acids is 1. The minimum absolute atomic E-state index is 0.0599. The number of aliphatic hydroxyl groups is 1. The first kappa shape index (κ1) is 19.0. The van der Waals surface area contributed by atoms with Gasteiger partial charge in [0.05, 0.1) is 11.2 Å². The summed E-state index contributed by atoms with van der Waals surface area (Å²) in [6.45, 7) is 4.21. The number of likely N-dealkylation sites (tertiary alicyclic amines) is 1. The van der Waals surface area contributed by atoms with Gasteiger partial charge in [0, 0.05) is 31.8 Å². The number of hydrogen-bond acceptors (Lipinski definition) is 3. The third-order valence-electron chi connectivity index (χ3n) is 5.29. The fourth-order valence-corrected chi connectivity index (χ4v) is 3.80. The highest BCUT2D eigenvalue weighted by Crippen LogP contribution is 2.39. The van der Waals surface area contributed by atoms with E-state index in [0.29, 0.717) is 38.8 Å². The number of piperidine rings is 1. The van der Waals surface area contributed by atoms with Crippen molar-refractivity contribution in [2.45, 2.75) is 57.4 Å². The van der Waals surface area contributed by atoms with Crippen LogP contribution in [0.1, 0.15) is 43.7 Å². The molecule has 0 aromatic heterocycles. The number of halogens is 3. The minimum Gasteiger partial charge on any atom is -0.490 e. The maximum atomic E-state index is 13.0. The summed E-state index contributed by atoms with van der Waals surface area (Å²) in [7, 11) is 0. The molecule has 0 bridgehead atoms. The predicted molar refractivity (Wildman–Crippen MR) is 89.8 cm³/mol. The van der Waals surface area contributed by atoms with Crippen molar-refractivity contribution < 1.29 is 27.8 Å². The Kier molecular flexibility index (Phi) is 4.94. The molecule has 1 saturated heterocycles. The Morgan fingerprint density at radius 3 is 2.42 bits per heavy atom. The second kappa shape index (κ2) is 6.76. The van der Waals surface area contributed by atoms with E-state index in [-0.39, 0.29) is 29.2 Å². The smallest absolute Gasteiger partial charge is 0.416 e. The van der Waals surface area contributed by atoms with Crippen molar-refractivity contribution >= 4 is 5.91 Å². The lowest BCUT2D eigenvalue weighted by molar-refractivity contribution is -0.151. The van der Waals surface area contributed by atoms with Crippen LogP contribution in [0.4, 0.5) is 13.2 Å². The Labute approximate surface area is 150 Å². The van der Waals surface area contributed by atoms with Crippen molar-refractivity contribution in [2.75, 3.05) is 13.1 Å². The van der Waals surface area contributed by atoms with Crippen molar-refractivity contribution in [3.05, 3.63) is 29.3 Å². The molecule has 1 N–H and O–H groups in total. The van der Waals surface area contributed by atoms with E-state index in [1.807, 2.05) is 0 Å². The molecule has 2 fully saturated rings. The molecule has 2 aliphatic rings. The number of ether oxygens (including phenoxy) is 1. The molecular formula is C19H24F3NO3. The lowest BCUT2D eigenvalue weighted by atomic mass is 9.71. The Balaban J connectivity index is 1.54. The summed E-state index contributed by atoms with van der Waals surface area (Å²) < 4.78 is 44.7. The van der Waals surface area contributed by atoms with Crippen LogP contribution in [-0.2, 0) is 11.0 Å². The summed E-state index contributed by atoms with van der Waals surface area (Å²) in [6, 6.07) is 4.02.